The number of nitrogens with zero attached hydrogens (tertiary/aromatic N) is 4. The van der Waals surface area contributed by atoms with Gasteiger partial charge >= 0.3 is 0 Å². The number of anilines is 1. The van der Waals surface area contributed by atoms with Crippen molar-refractivity contribution < 1.29 is 4.74 Å². The standard InChI is InChI=1S/C21H33N5O.HI/c1-17(26-10-7-18-5-3-4-6-20(18)26)15-23-21(22-2)25-9-8-19(16-25)24-11-13-27-14-12-24;/h3-6,17,19H,7-16H2,1-2H3,(H,22,23);1H. The van der Waals surface area contributed by atoms with Gasteiger partial charge in [-0.3, -0.25) is 9.89 Å². The number of ether oxygens (including phenoxy) is 1. The summed E-state index contributed by atoms with van der Waals surface area (Å²) in [6.07, 6.45) is 2.37. The smallest absolute Gasteiger partial charge is 0.193 e. The van der Waals surface area contributed by atoms with Gasteiger partial charge in [-0.2, -0.15) is 0 Å². The first-order chi connectivity index (χ1) is 13.3. The summed E-state index contributed by atoms with van der Waals surface area (Å²) < 4.78 is 5.50. The second-order valence-corrected chi connectivity index (χ2v) is 7.89. The summed E-state index contributed by atoms with van der Waals surface area (Å²) in [6, 6.07) is 9.88. The van der Waals surface area contributed by atoms with Crippen molar-refractivity contribution in [2.75, 3.05) is 64.4 Å². The number of likely N-dealkylation sites (tertiary alicyclic amines) is 1. The van der Waals surface area contributed by atoms with Crippen LogP contribution in [0, 0.1) is 0 Å². The number of aliphatic imine (C=N–C) groups is 1. The van der Waals surface area contributed by atoms with Gasteiger partial charge in [-0.1, -0.05) is 18.2 Å². The van der Waals surface area contributed by atoms with E-state index in [1.807, 2.05) is 7.05 Å². The van der Waals surface area contributed by atoms with Crippen LogP contribution in [0.15, 0.2) is 29.3 Å². The Morgan fingerprint density at radius 1 is 1.21 bits per heavy atom. The van der Waals surface area contributed by atoms with E-state index in [9.17, 15) is 0 Å². The third-order valence-electron chi connectivity index (χ3n) is 6.25. The van der Waals surface area contributed by atoms with E-state index in [-0.39, 0.29) is 24.0 Å². The Balaban J connectivity index is 0.00000225. The molecule has 28 heavy (non-hydrogen) atoms. The molecule has 0 spiro atoms. The van der Waals surface area contributed by atoms with Gasteiger partial charge in [0.15, 0.2) is 5.96 Å². The van der Waals surface area contributed by atoms with Crippen LogP contribution >= 0.6 is 24.0 Å². The van der Waals surface area contributed by atoms with E-state index in [4.69, 9.17) is 4.74 Å². The Bertz CT molecular complexity index is 664. The largest absolute Gasteiger partial charge is 0.379 e. The summed E-state index contributed by atoms with van der Waals surface area (Å²) in [5.74, 6) is 1.05. The van der Waals surface area contributed by atoms with E-state index in [1.54, 1.807) is 0 Å². The van der Waals surface area contributed by atoms with Crippen LogP contribution in [0.4, 0.5) is 5.69 Å². The molecule has 6 nitrogen and oxygen atoms in total. The van der Waals surface area contributed by atoms with Gasteiger partial charge in [-0.05, 0) is 31.4 Å². The molecule has 0 aromatic heterocycles. The van der Waals surface area contributed by atoms with Crippen molar-refractivity contribution in [3.63, 3.8) is 0 Å². The summed E-state index contributed by atoms with van der Waals surface area (Å²) in [5, 5.41) is 3.63. The summed E-state index contributed by atoms with van der Waals surface area (Å²) in [4.78, 5) is 12.1. The number of benzene rings is 1. The number of rotatable bonds is 4. The van der Waals surface area contributed by atoms with Gasteiger partial charge in [0.05, 0.1) is 13.2 Å². The minimum Gasteiger partial charge on any atom is -0.379 e. The average molecular weight is 499 g/mol. The van der Waals surface area contributed by atoms with Crippen LogP contribution in [0.3, 0.4) is 0 Å². The van der Waals surface area contributed by atoms with Crippen LogP contribution in [0.5, 0.6) is 0 Å². The maximum atomic E-state index is 5.50. The van der Waals surface area contributed by atoms with Crippen LogP contribution in [-0.4, -0.2) is 87.4 Å². The van der Waals surface area contributed by atoms with Crippen molar-refractivity contribution >= 4 is 35.6 Å². The second-order valence-electron chi connectivity index (χ2n) is 7.89. The van der Waals surface area contributed by atoms with Gasteiger partial charge in [0.2, 0.25) is 0 Å². The lowest BCUT2D eigenvalue weighted by Gasteiger charge is -2.33. The molecule has 7 heteroatoms. The molecule has 1 aromatic carbocycles. The fourth-order valence-electron chi connectivity index (χ4n) is 4.68. The number of halogens is 1. The summed E-state index contributed by atoms with van der Waals surface area (Å²) in [5.41, 5.74) is 2.87. The molecule has 1 aromatic rings. The molecular formula is C21H34IN5O. The molecule has 0 radical (unpaired) electrons. The summed E-state index contributed by atoms with van der Waals surface area (Å²) in [7, 11) is 1.90. The zero-order chi connectivity index (χ0) is 18.6. The molecule has 0 amide bonds. The lowest BCUT2D eigenvalue weighted by molar-refractivity contribution is 0.0195. The Morgan fingerprint density at radius 2 is 2.00 bits per heavy atom. The monoisotopic (exact) mass is 499 g/mol. The van der Waals surface area contributed by atoms with Crippen molar-refractivity contribution in [3.8, 4) is 0 Å². The number of hydrogen-bond acceptors (Lipinski definition) is 4. The Labute approximate surface area is 186 Å². The van der Waals surface area contributed by atoms with Crippen molar-refractivity contribution in [2.45, 2.75) is 31.8 Å². The molecule has 156 valence electrons. The molecule has 3 aliphatic rings. The minimum atomic E-state index is 0. The predicted octanol–water partition coefficient (Wildman–Crippen LogP) is 2.04. The van der Waals surface area contributed by atoms with Gasteiger partial charge < -0.3 is 19.9 Å². The van der Waals surface area contributed by atoms with Crippen LogP contribution in [0.2, 0.25) is 0 Å². The Kier molecular flexibility index (Phi) is 7.82. The molecule has 3 aliphatic heterocycles. The molecule has 2 unspecified atom stereocenters. The number of morpholine rings is 1. The molecule has 0 saturated carbocycles. The van der Waals surface area contributed by atoms with Gasteiger partial charge in [0.1, 0.15) is 0 Å². The number of guanidine groups is 1. The molecule has 3 heterocycles. The van der Waals surface area contributed by atoms with Gasteiger partial charge in [0, 0.05) is 64.1 Å². The highest BCUT2D eigenvalue weighted by atomic mass is 127. The maximum Gasteiger partial charge on any atom is 0.193 e. The number of nitrogens with one attached hydrogen (secondary N) is 1. The van der Waals surface area contributed by atoms with Crippen molar-refractivity contribution in [1.29, 1.82) is 0 Å². The van der Waals surface area contributed by atoms with E-state index in [2.05, 4.69) is 56.2 Å². The Morgan fingerprint density at radius 3 is 2.79 bits per heavy atom. The molecule has 2 saturated heterocycles. The first kappa shape index (κ1) is 21.6. The van der Waals surface area contributed by atoms with Crippen LogP contribution < -0.4 is 10.2 Å². The molecule has 0 aliphatic carbocycles. The van der Waals surface area contributed by atoms with Crippen molar-refractivity contribution in [3.05, 3.63) is 29.8 Å². The van der Waals surface area contributed by atoms with Crippen LogP contribution in [0.25, 0.3) is 0 Å². The molecular weight excluding hydrogens is 465 g/mol. The third kappa shape index (κ3) is 4.74. The highest BCUT2D eigenvalue weighted by Crippen LogP contribution is 2.29. The van der Waals surface area contributed by atoms with Gasteiger partial charge in [0.25, 0.3) is 0 Å². The van der Waals surface area contributed by atoms with Crippen LogP contribution in [-0.2, 0) is 11.2 Å². The highest BCUT2D eigenvalue weighted by molar-refractivity contribution is 14.0. The van der Waals surface area contributed by atoms with E-state index in [1.165, 1.54) is 17.7 Å². The summed E-state index contributed by atoms with van der Waals surface area (Å²) in [6.45, 7) is 10.4. The number of hydrogen-bond donors (Lipinski definition) is 1. The first-order valence-corrected chi connectivity index (χ1v) is 10.4. The predicted molar refractivity (Wildman–Crippen MR) is 126 cm³/mol. The summed E-state index contributed by atoms with van der Waals surface area (Å²) >= 11 is 0. The quantitative estimate of drug-likeness (QED) is 0.391. The lowest BCUT2D eigenvalue weighted by Crippen LogP contribution is -2.49. The molecule has 1 N–H and O–H groups in total. The maximum absolute atomic E-state index is 5.50. The fraction of sp³-hybridized carbons (Fsp3) is 0.667. The SMILES string of the molecule is CN=C(NCC(C)N1CCc2ccccc21)N1CCC(N2CCOCC2)C1.I. The lowest BCUT2D eigenvalue weighted by atomic mass is 10.2. The van der Waals surface area contributed by atoms with E-state index in [0.29, 0.717) is 12.1 Å². The van der Waals surface area contributed by atoms with E-state index < -0.39 is 0 Å². The van der Waals surface area contributed by atoms with Gasteiger partial charge in [-0.15, -0.1) is 24.0 Å². The Hall–Kier alpha value is -1.06. The fourth-order valence-corrected chi connectivity index (χ4v) is 4.68. The molecule has 4 rings (SSSR count). The zero-order valence-corrected chi connectivity index (χ0v) is 19.5. The zero-order valence-electron chi connectivity index (χ0n) is 17.1. The molecule has 0 bridgehead atoms. The normalized spacial score (nSPS) is 24.1. The van der Waals surface area contributed by atoms with Crippen LogP contribution in [0.1, 0.15) is 18.9 Å². The number of fused-ring (bicyclic) bond motifs is 1. The van der Waals surface area contributed by atoms with Crippen molar-refractivity contribution in [1.82, 2.24) is 15.1 Å². The third-order valence-corrected chi connectivity index (χ3v) is 6.25. The number of para-hydroxylation sites is 1. The van der Waals surface area contributed by atoms with E-state index in [0.717, 1.165) is 64.9 Å². The topological polar surface area (TPSA) is 43.3 Å². The second kappa shape index (κ2) is 10.1. The molecule has 2 fully saturated rings. The van der Waals surface area contributed by atoms with E-state index >= 15 is 0 Å². The highest BCUT2D eigenvalue weighted by Gasteiger charge is 2.30. The van der Waals surface area contributed by atoms with Crippen molar-refractivity contribution in [2.24, 2.45) is 4.99 Å². The first-order valence-electron chi connectivity index (χ1n) is 10.4. The minimum absolute atomic E-state index is 0. The van der Waals surface area contributed by atoms with Gasteiger partial charge in [-0.25, -0.2) is 0 Å². The molecule has 2 atom stereocenters. The average Bonchev–Trinajstić information content (AvgIpc) is 3.37.